The second-order valence-electron chi connectivity index (χ2n) is 4.78. The van der Waals surface area contributed by atoms with Crippen LogP contribution in [0.5, 0.6) is 0 Å². The highest BCUT2D eigenvalue weighted by molar-refractivity contribution is 9.10. The number of nitrogens with two attached hydrogens (primary N) is 1. The molecule has 0 aliphatic rings. The Morgan fingerprint density at radius 1 is 1.14 bits per heavy atom. The van der Waals surface area contributed by atoms with Crippen LogP contribution in [-0.4, -0.2) is 9.78 Å². The Kier molecular flexibility index (Phi) is 3.51. The Labute approximate surface area is 130 Å². The maximum absolute atomic E-state index is 13.2. The summed E-state index contributed by atoms with van der Waals surface area (Å²) in [5.41, 5.74) is 9.34. The molecule has 0 aliphatic heterocycles. The highest BCUT2D eigenvalue weighted by Gasteiger charge is 2.12. The minimum Gasteiger partial charge on any atom is -0.384 e. The fourth-order valence-electron chi connectivity index (χ4n) is 2.25. The van der Waals surface area contributed by atoms with E-state index in [1.807, 2.05) is 37.3 Å². The van der Waals surface area contributed by atoms with Gasteiger partial charge in [0, 0.05) is 16.1 Å². The summed E-state index contributed by atoms with van der Waals surface area (Å²) in [5.74, 6) is 0.239. The number of halogens is 2. The van der Waals surface area contributed by atoms with E-state index in [2.05, 4.69) is 21.0 Å². The van der Waals surface area contributed by atoms with Crippen molar-refractivity contribution in [3.63, 3.8) is 0 Å². The largest absolute Gasteiger partial charge is 0.384 e. The summed E-state index contributed by atoms with van der Waals surface area (Å²) >= 11 is 3.51. The van der Waals surface area contributed by atoms with Crippen molar-refractivity contribution >= 4 is 21.7 Å². The van der Waals surface area contributed by atoms with Crippen LogP contribution < -0.4 is 5.73 Å². The van der Waals surface area contributed by atoms with Gasteiger partial charge in [-0.1, -0.05) is 34.1 Å². The van der Waals surface area contributed by atoms with Gasteiger partial charge in [0.05, 0.1) is 11.4 Å². The van der Waals surface area contributed by atoms with Crippen LogP contribution in [0.15, 0.2) is 53.0 Å². The molecule has 0 atom stereocenters. The summed E-state index contributed by atoms with van der Waals surface area (Å²) in [7, 11) is 0. The molecule has 0 saturated carbocycles. The lowest BCUT2D eigenvalue weighted by molar-refractivity contribution is 0.625. The SMILES string of the molecule is Cc1cc(F)ccc1-n1nc(-c2ccccc2Br)cc1N. The minimum absolute atomic E-state index is 0.270. The molecule has 3 rings (SSSR count). The normalized spacial score (nSPS) is 10.8. The Balaban J connectivity index is 2.12. The summed E-state index contributed by atoms with van der Waals surface area (Å²) < 4.78 is 15.8. The maximum Gasteiger partial charge on any atom is 0.127 e. The van der Waals surface area contributed by atoms with E-state index < -0.39 is 0 Å². The van der Waals surface area contributed by atoms with Crippen LogP contribution in [0.25, 0.3) is 16.9 Å². The zero-order chi connectivity index (χ0) is 15.0. The van der Waals surface area contributed by atoms with Gasteiger partial charge in [0.25, 0.3) is 0 Å². The van der Waals surface area contributed by atoms with Gasteiger partial charge in [0.2, 0.25) is 0 Å². The second-order valence-corrected chi connectivity index (χ2v) is 5.63. The molecule has 0 fully saturated rings. The van der Waals surface area contributed by atoms with Crippen LogP contribution in [0.1, 0.15) is 5.56 Å². The molecule has 2 N–H and O–H groups in total. The average Bonchev–Trinajstić information content (AvgIpc) is 2.81. The second kappa shape index (κ2) is 5.33. The third-order valence-electron chi connectivity index (χ3n) is 3.27. The molecule has 0 bridgehead atoms. The highest BCUT2D eigenvalue weighted by Crippen LogP contribution is 2.29. The van der Waals surface area contributed by atoms with Crippen molar-refractivity contribution in [1.82, 2.24) is 9.78 Å². The minimum atomic E-state index is -0.270. The van der Waals surface area contributed by atoms with Gasteiger partial charge in [-0.25, -0.2) is 9.07 Å². The Morgan fingerprint density at radius 2 is 1.90 bits per heavy atom. The maximum atomic E-state index is 13.2. The summed E-state index contributed by atoms with van der Waals surface area (Å²) in [4.78, 5) is 0. The average molecular weight is 346 g/mol. The molecule has 106 valence electrons. The van der Waals surface area contributed by atoms with Gasteiger partial charge in [-0.3, -0.25) is 0 Å². The standard InChI is InChI=1S/C16H13BrFN3/c1-10-8-11(18)6-7-15(10)21-16(19)9-14(20-21)12-4-2-3-5-13(12)17/h2-9H,19H2,1H3. The molecule has 0 unspecified atom stereocenters. The first-order valence-electron chi connectivity index (χ1n) is 6.43. The van der Waals surface area contributed by atoms with E-state index in [0.717, 1.165) is 27.0 Å². The van der Waals surface area contributed by atoms with Crippen LogP contribution in [0.2, 0.25) is 0 Å². The van der Waals surface area contributed by atoms with E-state index in [4.69, 9.17) is 5.73 Å². The zero-order valence-corrected chi connectivity index (χ0v) is 12.9. The molecular formula is C16H13BrFN3. The molecule has 2 aromatic carbocycles. The number of nitrogens with zero attached hydrogens (tertiary/aromatic N) is 2. The highest BCUT2D eigenvalue weighted by atomic mass is 79.9. The molecule has 0 aliphatic carbocycles. The van der Waals surface area contributed by atoms with Gasteiger partial charge in [0.1, 0.15) is 11.6 Å². The molecule has 0 saturated heterocycles. The van der Waals surface area contributed by atoms with E-state index >= 15 is 0 Å². The lowest BCUT2D eigenvalue weighted by atomic mass is 10.1. The lowest BCUT2D eigenvalue weighted by Gasteiger charge is -2.07. The van der Waals surface area contributed by atoms with E-state index in [1.165, 1.54) is 12.1 Å². The molecule has 0 spiro atoms. The van der Waals surface area contributed by atoms with Gasteiger partial charge in [0.15, 0.2) is 0 Å². The first-order valence-corrected chi connectivity index (χ1v) is 7.22. The molecule has 3 aromatic rings. The number of hydrogen-bond acceptors (Lipinski definition) is 2. The number of aryl methyl sites for hydroxylation is 1. The molecule has 0 amide bonds. The molecule has 1 aromatic heterocycles. The van der Waals surface area contributed by atoms with Crippen LogP contribution in [0, 0.1) is 12.7 Å². The summed E-state index contributed by atoms with van der Waals surface area (Å²) in [6.45, 7) is 1.83. The Morgan fingerprint density at radius 3 is 2.62 bits per heavy atom. The number of nitrogen functional groups attached to an aromatic ring is 1. The van der Waals surface area contributed by atoms with Crippen LogP contribution in [0.4, 0.5) is 10.2 Å². The smallest absolute Gasteiger partial charge is 0.127 e. The van der Waals surface area contributed by atoms with Gasteiger partial charge >= 0.3 is 0 Å². The van der Waals surface area contributed by atoms with Crippen molar-refractivity contribution in [2.75, 3.05) is 5.73 Å². The number of rotatable bonds is 2. The fourth-order valence-corrected chi connectivity index (χ4v) is 2.73. The lowest BCUT2D eigenvalue weighted by Crippen LogP contribution is -2.03. The number of anilines is 1. The molecule has 5 heteroatoms. The number of aromatic nitrogens is 2. The molecule has 21 heavy (non-hydrogen) atoms. The third-order valence-corrected chi connectivity index (χ3v) is 3.97. The van der Waals surface area contributed by atoms with E-state index in [0.29, 0.717) is 5.82 Å². The van der Waals surface area contributed by atoms with Crippen LogP contribution in [-0.2, 0) is 0 Å². The van der Waals surface area contributed by atoms with Gasteiger partial charge in [-0.05, 0) is 36.8 Å². The van der Waals surface area contributed by atoms with Crippen LogP contribution in [0.3, 0.4) is 0 Å². The number of benzene rings is 2. The Bertz CT molecular complexity index is 811. The summed E-state index contributed by atoms with van der Waals surface area (Å²) in [6, 6.07) is 14.2. The summed E-state index contributed by atoms with van der Waals surface area (Å²) in [5, 5.41) is 4.54. The van der Waals surface area contributed by atoms with Gasteiger partial charge < -0.3 is 5.73 Å². The predicted octanol–water partition coefficient (Wildman–Crippen LogP) is 4.33. The van der Waals surface area contributed by atoms with E-state index in [9.17, 15) is 4.39 Å². The van der Waals surface area contributed by atoms with Gasteiger partial charge in [-0.15, -0.1) is 0 Å². The Hall–Kier alpha value is -2.14. The topological polar surface area (TPSA) is 43.8 Å². The van der Waals surface area contributed by atoms with Crippen molar-refractivity contribution in [3.05, 3.63) is 64.4 Å². The monoisotopic (exact) mass is 345 g/mol. The van der Waals surface area contributed by atoms with Crippen molar-refractivity contribution < 1.29 is 4.39 Å². The van der Waals surface area contributed by atoms with Crippen molar-refractivity contribution in [2.45, 2.75) is 6.92 Å². The van der Waals surface area contributed by atoms with Crippen LogP contribution >= 0.6 is 15.9 Å². The molecule has 1 heterocycles. The van der Waals surface area contributed by atoms with Crippen molar-refractivity contribution in [3.8, 4) is 16.9 Å². The first-order chi connectivity index (χ1) is 10.1. The van der Waals surface area contributed by atoms with E-state index in [-0.39, 0.29) is 5.82 Å². The van der Waals surface area contributed by atoms with E-state index in [1.54, 1.807) is 10.7 Å². The quantitative estimate of drug-likeness (QED) is 0.751. The first kappa shape index (κ1) is 13.8. The molecule has 0 radical (unpaired) electrons. The zero-order valence-electron chi connectivity index (χ0n) is 11.3. The fraction of sp³-hybridized carbons (Fsp3) is 0.0625. The third kappa shape index (κ3) is 2.56. The van der Waals surface area contributed by atoms with Crippen molar-refractivity contribution in [1.29, 1.82) is 0 Å². The van der Waals surface area contributed by atoms with Crippen molar-refractivity contribution in [2.24, 2.45) is 0 Å². The summed E-state index contributed by atoms with van der Waals surface area (Å²) in [6.07, 6.45) is 0. The molecule has 3 nitrogen and oxygen atoms in total. The van der Waals surface area contributed by atoms with Gasteiger partial charge in [-0.2, -0.15) is 5.10 Å². The molecular weight excluding hydrogens is 333 g/mol. The number of hydrogen-bond donors (Lipinski definition) is 1. The predicted molar refractivity (Wildman–Crippen MR) is 85.8 cm³/mol.